The van der Waals surface area contributed by atoms with E-state index in [1.54, 1.807) is 20.3 Å². The van der Waals surface area contributed by atoms with E-state index in [0.29, 0.717) is 17.2 Å². The summed E-state index contributed by atoms with van der Waals surface area (Å²) in [5, 5.41) is 2.89. The van der Waals surface area contributed by atoms with Crippen LogP contribution in [-0.2, 0) is 4.79 Å². The highest BCUT2D eigenvalue weighted by Gasteiger charge is 2.23. The molecule has 1 N–H and O–H groups in total. The fraction of sp³-hybridized carbons (Fsp3) is 0.462. The van der Waals surface area contributed by atoms with E-state index in [2.05, 4.69) is 27.9 Å². The molecule has 0 saturated carbocycles. The topological polar surface area (TPSA) is 47.6 Å². The molecule has 18 heavy (non-hydrogen) atoms. The zero-order valence-electron chi connectivity index (χ0n) is 11.3. The number of anilines is 1. The number of benzene rings is 1. The van der Waals surface area contributed by atoms with Gasteiger partial charge in [0.25, 0.3) is 0 Å². The van der Waals surface area contributed by atoms with Crippen molar-refractivity contribution in [1.82, 2.24) is 0 Å². The van der Waals surface area contributed by atoms with Gasteiger partial charge in [0.15, 0.2) is 0 Å². The summed E-state index contributed by atoms with van der Waals surface area (Å²) in [6, 6.07) is 3.60. The van der Waals surface area contributed by atoms with Gasteiger partial charge < -0.3 is 14.8 Å². The lowest BCUT2D eigenvalue weighted by atomic mass is 9.95. The van der Waals surface area contributed by atoms with Gasteiger partial charge >= 0.3 is 0 Å². The molecule has 1 rings (SSSR count). The highest BCUT2D eigenvalue weighted by Crippen LogP contribution is 2.35. The molecular weight excluding hydrogens is 345 g/mol. The molecule has 0 saturated heterocycles. The lowest BCUT2D eigenvalue weighted by Crippen LogP contribution is -2.28. The van der Waals surface area contributed by atoms with Gasteiger partial charge in [-0.2, -0.15) is 0 Å². The monoisotopic (exact) mass is 363 g/mol. The summed E-state index contributed by atoms with van der Waals surface area (Å²) in [6.45, 7) is 5.60. The Hall–Kier alpha value is -0.980. The second-order valence-electron chi connectivity index (χ2n) is 4.89. The van der Waals surface area contributed by atoms with Crippen molar-refractivity contribution < 1.29 is 14.3 Å². The van der Waals surface area contributed by atoms with Gasteiger partial charge in [0.2, 0.25) is 5.91 Å². The fourth-order valence-electron chi connectivity index (χ4n) is 1.26. The first-order chi connectivity index (χ1) is 8.29. The van der Waals surface area contributed by atoms with Crippen molar-refractivity contribution in [3.05, 3.63) is 15.7 Å². The molecule has 4 nitrogen and oxygen atoms in total. The van der Waals surface area contributed by atoms with Gasteiger partial charge in [-0.15, -0.1) is 0 Å². The number of halogens is 1. The lowest BCUT2D eigenvalue weighted by molar-refractivity contribution is -0.123. The van der Waals surface area contributed by atoms with E-state index in [9.17, 15) is 4.79 Å². The minimum atomic E-state index is -0.450. The Morgan fingerprint density at radius 2 is 1.83 bits per heavy atom. The van der Waals surface area contributed by atoms with Gasteiger partial charge in [0.1, 0.15) is 11.5 Å². The first-order valence-corrected chi connectivity index (χ1v) is 6.60. The van der Waals surface area contributed by atoms with E-state index >= 15 is 0 Å². The third kappa shape index (κ3) is 3.51. The van der Waals surface area contributed by atoms with Crippen LogP contribution in [0, 0.1) is 8.99 Å². The molecule has 1 aromatic carbocycles. The maximum atomic E-state index is 12.0. The van der Waals surface area contributed by atoms with Crippen LogP contribution in [0.25, 0.3) is 0 Å². The zero-order valence-corrected chi connectivity index (χ0v) is 13.4. The number of nitrogens with one attached hydrogen (secondary N) is 1. The van der Waals surface area contributed by atoms with Crippen molar-refractivity contribution in [3.8, 4) is 11.5 Å². The second-order valence-corrected chi connectivity index (χ2v) is 6.05. The Morgan fingerprint density at radius 1 is 1.22 bits per heavy atom. The molecule has 0 aromatic heterocycles. The standard InChI is InChI=1S/C13H18INO3/c1-13(2,3)12(16)15-11-9(14)6-8(17-4)7-10(11)18-5/h6-7H,1-5H3,(H,15,16). The molecule has 5 heteroatoms. The van der Waals surface area contributed by atoms with Crippen LogP contribution in [0.2, 0.25) is 0 Å². The Bertz CT molecular complexity index is 452. The van der Waals surface area contributed by atoms with Crippen molar-refractivity contribution in [2.45, 2.75) is 20.8 Å². The molecule has 1 amide bonds. The summed E-state index contributed by atoms with van der Waals surface area (Å²) in [7, 11) is 3.16. The fourth-order valence-corrected chi connectivity index (χ4v) is 1.97. The van der Waals surface area contributed by atoms with Gasteiger partial charge in [-0.3, -0.25) is 4.79 Å². The number of hydrogen-bond acceptors (Lipinski definition) is 3. The van der Waals surface area contributed by atoms with Crippen LogP contribution in [0.1, 0.15) is 20.8 Å². The third-order valence-electron chi connectivity index (χ3n) is 2.40. The van der Waals surface area contributed by atoms with E-state index in [4.69, 9.17) is 9.47 Å². The Balaban J connectivity index is 3.13. The van der Waals surface area contributed by atoms with E-state index in [1.165, 1.54) is 0 Å². The number of carbonyl (C=O) groups is 1. The summed E-state index contributed by atoms with van der Waals surface area (Å²) < 4.78 is 11.3. The molecule has 0 aliphatic rings. The second kappa shape index (κ2) is 5.77. The van der Waals surface area contributed by atoms with Crippen molar-refractivity contribution in [1.29, 1.82) is 0 Å². The largest absolute Gasteiger partial charge is 0.497 e. The highest BCUT2D eigenvalue weighted by molar-refractivity contribution is 14.1. The van der Waals surface area contributed by atoms with Gasteiger partial charge in [-0.05, 0) is 28.7 Å². The molecule has 0 atom stereocenters. The molecule has 1 aromatic rings. The Morgan fingerprint density at radius 3 is 2.28 bits per heavy atom. The minimum absolute atomic E-state index is 0.0520. The molecule has 0 spiro atoms. The van der Waals surface area contributed by atoms with Gasteiger partial charge in [0.05, 0.1) is 19.9 Å². The number of rotatable bonds is 3. The van der Waals surface area contributed by atoms with Crippen LogP contribution in [0.15, 0.2) is 12.1 Å². The molecular formula is C13H18INO3. The van der Waals surface area contributed by atoms with Crippen LogP contribution in [-0.4, -0.2) is 20.1 Å². The molecule has 0 fully saturated rings. The quantitative estimate of drug-likeness (QED) is 0.839. The van der Waals surface area contributed by atoms with Gasteiger partial charge in [-0.25, -0.2) is 0 Å². The summed E-state index contributed by atoms with van der Waals surface area (Å²) in [5.41, 5.74) is 0.229. The number of amides is 1. The average molecular weight is 363 g/mol. The predicted octanol–water partition coefficient (Wildman–Crippen LogP) is 3.29. The summed E-state index contributed by atoms with van der Waals surface area (Å²) in [4.78, 5) is 12.0. The molecule has 0 aliphatic heterocycles. The molecule has 0 radical (unpaired) electrons. The van der Waals surface area contributed by atoms with Gasteiger partial charge in [0, 0.05) is 15.1 Å². The van der Waals surface area contributed by atoms with Crippen molar-refractivity contribution >= 4 is 34.2 Å². The van der Waals surface area contributed by atoms with E-state index in [-0.39, 0.29) is 5.91 Å². The van der Waals surface area contributed by atoms with E-state index in [0.717, 1.165) is 3.57 Å². The van der Waals surface area contributed by atoms with Crippen LogP contribution in [0.3, 0.4) is 0 Å². The Kier molecular flexibility index (Phi) is 4.84. The molecule has 0 heterocycles. The van der Waals surface area contributed by atoms with E-state index < -0.39 is 5.41 Å². The maximum Gasteiger partial charge on any atom is 0.229 e. The first-order valence-electron chi connectivity index (χ1n) is 5.52. The smallest absolute Gasteiger partial charge is 0.229 e. The minimum Gasteiger partial charge on any atom is -0.497 e. The molecule has 0 bridgehead atoms. The molecule has 100 valence electrons. The lowest BCUT2D eigenvalue weighted by Gasteiger charge is -2.20. The van der Waals surface area contributed by atoms with Crippen molar-refractivity contribution in [3.63, 3.8) is 0 Å². The maximum absolute atomic E-state index is 12.0. The number of ether oxygens (including phenoxy) is 2. The zero-order chi connectivity index (χ0) is 13.9. The van der Waals surface area contributed by atoms with Crippen molar-refractivity contribution in [2.75, 3.05) is 19.5 Å². The predicted molar refractivity (Wildman–Crippen MR) is 80.3 cm³/mol. The number of methoxy groups -OCH3 is 2. The van der Waals surface area contributed by atoms with E-state index in [1.807, 2.05) is 26.8 Å². The third-order valence-corrected chi connectivity index (χ3v) is 3.25. The normalized spacial score (nSPS) is 11.0. The Labute approximate surface area is 121 Å². The van der Waals surface area contributed by atoms with Crippen LogP contribution in [0.5, 0.6) is 11.5 Å². The van der Waals surface area contributed by atoms with Crippen LogP contribution < -0.4 is 14.8 Å². The van der Waals surface area contributed by atoms with Crippen LogP contribution >= 0.6 is 22.6 Å². The summed E-state index contributed by atoms with van der Waals surface area (Å²) in [5.74, 6) is 1.24. The van der Waals surface area contributed by atoms with Crippen molar-refractivity contribution in [2.24, 2.45) is 5.41 Å². The first kappa shape index (κ1) is 15.1. The van der Waals surface area contributed by atoms with Gasteiger partial charge in [-0.1, -0.05) is 20.8 Å². The summed E-state index contributed by atoms with van der Waals surface area (Å²) in [6.07, 6.45) is 0. The van der Waals surface area contributed by atoms with Crippen LogP contribution in [0.4, 0.5) is 5.69 Å². The molecule has 0 unspecified atom stereocenters. The average Bonchev–Trinajstić information content (AvgIpc) is 2.29. The summed E-state index contributed by atoms with van der Waals surface area (Å²) >= 11 is 2.15. The number of hydrogen-bond donors (Lipinski definition) is 1. The SMILES string of the molecule is COc1cc(I)c(NC(=O)C(C)(C)C)c(OC)c1. The highest BCUT2D eigenvalue weighted by atomic mass is 127. The molecule has 0 aliphatic carbocycles. The number of carbonyl (C=O) groups excluding carboxylic acids is 1.